The van der Waals surface area contributed by atoms with Gasteiger partial charge in [0, 0.05) is 10.7 Å². The van der Waals surface area contributed by atoms with E-state index in [2.05, 4.69) is 25.8 Å². The Morgan fingerprint density at radius 2 is 1.93 bits per heavy atom. The molecule has 0 aliphatic carbocycles. The second-order valence-electron chi connectivity index (χ2n) is 5.54. The summed E-state index contributed by atoms with van der Waals surface area (Å²) in [5, 5.41) is 19.8. The van der Waals surface area contributed by atoms with E-state index < -0.39 is 0 Å². The maximum absolute atomic E-state index is 12.0. The van der Waals surface area contributed by atoms with E-state index >= 15 is 0 Å². The summed E-state index contributed by atoms with van der Waals surface area (Å²) in [5.41, 5.74) is 2.35. The molecule has 0 saturated heterocycles. The van der Waals surface area contributed by atoms with Crippen molar-refractivity contribution < 1.29 is 9.21 Å². The van der Waals surface area contributed by atoms with Gasteiger partial charge in [0.05, 0.1) is 11.3 Å². The number of rotatable bonds is 6. The van der Waals surface area contributed by atoms with Gasteiger partial charge in [-0.1, -0.05) is 40.7 Å². The summed E-state index contributed by atoms with van der Waals surface area (Å²) >= 11 is 6.98. The van der Waals surface area contributed by atoms with Crippen molar-refractivity contribution in [2.45, 2.75) is 11.8 Å². The Balaban J connectivity index is 1.34. The van der Waals surface area contributed by atoms with Crippen LogP contribution in [0.3, 0.4) is 0 Å². The number of nitrogens with zero attached hydrogens (tertiary/aromatic N) is 5. The predicted octanol–water partition coefficient (Wildman–Crippen LogP) is 3.25. The van der Waals surface area contributed by atoms with Gasteiger partial charge >= 0.3 is 0 Å². The Hall–Kier alpha value is -2.91. The predicted molar refractivity (Wildman–Crippen MR) is 102 cm³/mol. The van der Waals surface area contributed by atoms with Gasteiger partial charge in [-0.15, -0.1) is 15.3 Å². The molecule has 1 N–H and O–H groups in total. The van der Waals surface area contributed by atoms with Crippen molar-refractivity contribution >= 4 is 46.0 Å². The number of aromatic nitrogens is 5. The van der Waals surface area contributed by atoms with Crippen molar-refractivity contribution in [2.75, 3.05) is 11.1 Å². The number of fused-ring (bicyclic) bond motifs is 1. The largest absolute Gasteiger partial charge is 0.414 e. The van der Waals surface area contributed by atoms with E-state index in [0.717, 1.165) is 22.8 Å². The molecule has 27 heavy (non-hydrogen) atoms. The first-order valence-corrected chi connectivity index (χ1v) is 9.32. The van der Waals surface area contributed by atoms with Crippen LogP contribution in [-0.2, 0) is 11.3 Å². The standard InChI is InChI=1S/C17H13ClN6O2S/c18-11-5-7-12(8-6-11)19-15(25)10-27-17-22-21-16(26-17)9-24-14-4-2-1-3-13(14)20-23-24/h1-8H,9-10H2,(H,19,25). The van der Waals surface area contributed by atoms with Gasteiger partial charge in [-0.25, -0.2) is 4.68 Å². The molecule has 4 rings (SSSR count). The van der Waals surface area contributed by atoms with E-state index in [1.165, 1.54) is 0 Å². The molecular formula is C17H13ClN6O2S. The SMILES string of the molecule is O=C(CSc1nnc(Cn2nnc3ccccc32)o1)Nc1ccc(Cl)cc1. The first-order chi connectivity index (χ1) is 13.2. The third-order valence-electron chi connectivity index (χ3n) is 3.61. The number of hydrogen-bond donors (Lipinski definition) is 1. The molecule has 2 aromatic carbocycles. The number of amides is 1. The second kappa shape index (κ2) is 7.77. The van der Waals surface area contributed by atoms with Crippen molar-refractivity contribution in [1.29, 1.82) is 0 Å². The van der Waals surface area contributed by atoms with Gasteiger partial charge in [0.2, 0.25) is 11.8 Å². The molecular weight excluding hydrogens is 388 g/mol. The summed E-state index contributed by atoms with van der Waals surface area (Å²) in [4.78, 5) is 12.0. The molecule has 2 heterocycles. The maximum atomic E-state index is 12.0. The van der Waals surface area contributed by atoms with E-state index in [1.54, 1.807) is 28.9 Å². The van der Waals surface area contributed by atoms with Crippen LogP contribution in [0.5, 0.6) is 0 Å². The Morgan fingerprint density at radius 1 is 1.11 bits per heavy atom. The Kier molecular flexibility index (Phi) is 5.03. The number of nitrogens with one attached hydrogen (secondary N) is 1. The molecule has 136 valence electrons. The van der Waals surface area contributed by atoms with Gasteiger partial charge in [0.25, 0.3) is 5.22 Å². The zero-order valence-electron chi connectivity index (χ0n) is 13.9. The van der Waals surface area contributed by atoms with Gasteiger partial charge in [0.15, 0.2) is 0 Å². The third-order valence-corrected chi connectivity index (χ3v) is 4.68. The number of hydrogen-bond acceptors (Lipinski definition) is 7. The highest BCUT2D eigenvalue weighted by molar-refractivity contribution is 7.99. The van der Waals surface area contributed by atoms with Crippen LogP contribution >= 0.6 is 23.4 Å². The fourth-order valence-electron chi connectivity index (χ4n) is 2.38. The van der Waals surface area contributed by atoms with Crippen LogP contribution in [0.25, 0.3) is 11.0 Å². The quantitative estimate of drug-likeness (QED) is 0.496. The molecule has 0 aliphatic heterocycles. The van der Waals surface area contributed by atoms with E-state index in [1.807, 2.05) is 24.3 Å². The van der Waals surface area contributed by atoms with Crippen molar-refractivity contribution in [3.63, 3.8) is 0 Å². The molecule has 0 spiro atoms. The fraction of sp³-hybridized carbons (Fsp3) is 0.118. The minimum absolute atomic E-state index is 0.149. The number of benzene rings is 2. The fourth-order valence-corrected chi connectivity index (χ4v) is 3.09. The van der Waals surface area contributed by atoms with Gasteiger partial charge in [0.1, 0.15) is 12.1 Å². The van der Waals surface area contributed by atoms with Crippen molar-refractivity contribution in [3.8, 4) is 0 Å². The van der Waals surface area contributed by atoms with Crippen LogP contribution in [-0.4, -0.2) is 36.9 Å². The molecule has 0 unspecified atom stereocenters. The van der Waals surface area contributed by atoms with Crippen LogP contribution in [0.1, 0.15) is 5.89 Å². The van der Waals surface area contributed by atoms with Crippen LogP contribution < -0.4 is 5.32 Å². The molecule has 0 radical (unpaired) electrons. The molecule has 0 saturated carbocycles. The minimum atomic E-state index is -0.177. The summed E-state index contributed by atoms with van der Waals surface area (Å²) in [6.07, 6.45) is 0. The van der Waals surface area contributed by atoms with Gasteiger partial charge in [-0.2, -0.15) is 0 Å². The van der Waals surface area contributed by atoms with Gasteiger partial charge in [-0.3, -0.25) is 4.79 Å². The smallest absolute Gasteiger partial charge is 0.277 e. The number of carbonyl (C=O) groups is 1. The highest BCUT2D eigenvalue weighted by atomic mass is 35.5. The molecule has 8 nitrogen and oxygen atoms in total. The molecule has 4 aromatic rings. The molecule has 0 atom stereocenters. The third kappa shape index (κ3) is 4.26. The summed E-state index contributed by atoms with van der Waals surface area (Å²) in [5.74, 6) is 0.367. The Labute approximate surface area is 162 Å². The first kappa shape index (κ1) is 17.5. The van der Waals surface area contributed by atoms with Crippen LogP contribution in [0.15, 0.2) is 58.2 Å². The molecule has 0 aliphatic rings. The Bertz CT molecular complexity index is 1080. The van der Waals surface area contributed by atoms with E-state index in [9.17, 15) is 4.79 Å². The average Bonchev–Trinajstić information content (AvgIpc) is 3.30. The molecule has 10 heteroatoms. The second-order valence-corrected chi connectivity index (χ2v) is 6.90. The van der Waals surface area contributed by atoms with Crippen LogP contribution in [0.4, 0.5) is 5.69 Å². The lowest BCUT2D eigenvalue weighted by Gasteiger charge is -2.03. The topological polar surface area (TPSA) is 98.7 Å². The average molecular weight is 401 g/mol. The Morgan fingerprint density at radius 3 is 2.78 bits per heavy atom. The van der Waals surface area contributed by atoms with E-state index in [-0.39, 0.29) is 11.7 Å². The molecule has 2 aromatic heterocycles. The zero-order chi connectivity index (χ0) is 18.6. The van der Waals surface area contributed by atoms with Crippen molar-refractivity contribution in [1.82, 2.24) is 25.2 Å². The van der Waals surface area contributed by atoms with Crippen LogP contribution in [0.2, 0.25) is 5.02 Å². The summed E-state index contributed by atoms with van der Waals surface area (Å²) in [6.45, 7) is 0.311. The van der Waals surface area contributed by atoms with E-state index in [0.29, 0.717) is 28.4 Å². The normalized spacial score (nSPS) is 11.0. The monoisotopic (exact) mass is 400 g/mol. The number of anilines is 1. The van der Waals surface area contributed by atoms with Gasteiger partial charge in [-0.05, 0) is 36.4 Å². The highest BCUT2D eigenvalue weighted by Gasteiger charge is 2.12. The lowest BCUT2D eigenvalue weighted by molar-refractivity contribution is -0.113. The summed E-state index contributed by atoms with van der Waals surface area (Å²) < 4.78 is 7.26. The molecule has 0 bridgehead atoms. The zero-order valence-corrected chi connectivity index (χ0v) is 15.4. The maximum Gasteiger partial charge on any atom is 0.277 e. The van der Waals surface area contributed by atoms with Gasteiger partial charge < -0.3 is 9.73 Å². The number of para-hydroxylation sites is 1. The lowest BCUT2D eigenvalue weighted by atomic mass is 10.3. The molecule has 0 fully saturated rings. The minimum Gasteiger partial charge on any atom is -0.414 e. The molecule has 1 amide bonds. The van der Waals surface area contributed by atoms with Crippen LogP contribution in [0, 0.1) is 0 Å². The lowest BCUT2D eigenvalue weighted by Crippen LogP contribution is -2.13. The van der Waals surface area contributed by atoms with Crippen molar-refractivity contribution in [3.05, 3.63) is 59.4 Å². The first-order valence-electron chi connectivity index (χ1n) is 7.96. The number of thioether (sulfide) groups is 1. The summed E-state index contributed by atoms with van der Waals surface area (Å²) in [6, 6.07) is 14.5. The van der Waals surface area contributed by atoms with E-state index in [4.69, 9.17) is 16.0 Å². The van der Waals surface area contributed by atoms with Crippen molar-refractivity contribution in [2.24, 2.45) is 0 Å². The number of halogens is 1. The summed E-state index contributed by atoms with van der Waals surface area (Å²) in [7, 11) is 0. The number of carbonyl (C=O) groups excluding carboxylic acids is 1. The highest BCUT2D eigenvalue weighted by Crippen LogP contribution is 2.19.